The quantitative estimate of drug-likeness (QED) is 0.740. The average Bonchev–Trinajstić information content (AvgIpc) is 2.62. The zero-order chi connectivity index (χ0) is 16.8. The molecule has 1 aromatic rings. The van der Waals surface area contributed by atoms with Gasteiger partial charge in [-0.3, -0.25) is 19.4 Å². The summed E-state index contributed by atoms with van der Waals surface area (Å²) in [5, 5.41) is 0. The lowest BCUT2D eigenvalue weighted by atomic mass is 10.1. The van der Waals surface area contributed by atoms with Gasteiger partial charge in [0.1, 0.15) is 5.69 Å². The van der Waals surface area contributed by atoms with Crippen molar-refractivity contribution in [2.75, 3.05) is 39.3 Å². The number of hydrogen-bond donors (Lipinski definition) is 0. The van der Waals surface area contributed by atoms with Crippen molar-refractivity contribution in [3.8, 4) is 0 Å². The first-order valence-electron chi connectivity index (χ1n) is 7.84. The molecule has 2 heterocycles. The van der Waals surface area contributed by atoms with Crippen LogP contribution in [0.1, 0.15) is 34.7 Å². The van der Waals surface area contributed by atoms with E-state index in [2.05, 4.69) is 4.98 Å². The molecule has 0 radical (unpaired) electrons. The van der Waals surface area contributed by atoms with Gasteiger partial charge >= 0.3 is 0 Å². The van der Waals surface area contributed by atoms with E-state index in [0.717, 1.165) is 6.41 Å². The number of amides is 3. The van der Waals surface area contributed by atoms with Crippen LogP contribution in [0.5, 0.6) is 0 Å². The van der Waals surface area contributed by atoms with Crippen molar-refractivity contribution >= 4 is 18.2 Å². The van der Waals surface area contributed by atoms with Gasteiger partial charge < -0.3 is 14.7 Å². The molecule has 0 saturated carbocycles. The van der Waals surface area contributed by atoms with Gasteiger partial charge in [0.05, 0.1) is 0 Å². The molecule has 1 saturated heterocycles. The van der Waals surface area contributed by atoms with Gasteiger partial charge in [0, 0.05) is 51.0 Å². The molecule has 0 atom stereocenters. The van der Waals surface area contributed by atoms with Crippen LogP contribution in [0.2, 0.25) is 0 Å². The lowest BCUT2D eigenvalue weighted by Crippen LogP contribution is -2.48. The molecule has 0 N–H and O–H groups in total. The molecule has 0 bridgehead atoms. The minimum atomic E-state index is -0.171. The average molecular weight is 318 g/mol. The van der Waals surface area contributed by atoms with Crippen LogP contribution in [-0.4, -0.2) is 77.2 Å². The zero-order valence-corrected chi connectivity index (χ0v) is 13.6. The summed E-state index contributed by atoms with van der Waals surface area (Å²) in [6.07, 6.45) is 2.29. The molecule has 1 aliphatic heterocycles. The molecule has 7 heteroatoms. The summed E-state index contributed by atoms with van der Waals surface area (Å²) in [7, 11) is 0. The lowest BCUT2D eigenvalue weighted by molar-refractivity contribution is -0.119. The van der Waals surface area contributed by atoms with E-state index in [4.69, 9.17) is 0 Å². The van der Waals surface area contributed by atoms with Crippen molar-refractivity contribution < 1.29 is 14.4 Å². The fourth-order valence-corrected chi connectivity index (χ4v) is 2.57. The van der Waals surface area contributed by atoms with E-state index in [9.17, 15) is 14.4 Å². The number of nitrogens with zero attached hydrogens (tertiary/aromatic N) is 4. The van der Waals surface area contributed by atoms with Crippen molar-refractivity contribution in [3.05, 3.63) is 29.6 Å². The minimum absolute atomic E-state index is 0.133. The topological polar surface area (TPSA) is 73.8 Å². The molecule has 124 valence electrons. The van der Waals surface area contributed by atoms with Crippen molar-refractivity contribution in [2.45, 2.75) is 13.8 Å². The summed E-state index contributed by atoms with van der Waals surface area (Å²) in [5.74, 6) is -0.304. The highest BCUT2D eigenvalue weighted by Gasteiger charge is 2.23. The molecule has 0 aromatic carbocycles. The smallest absolute Gasteiger partial charge is 0.272 e. The molecule has 2 rings (SSSR count). The monoisotopic (exact) mass is 318 g/mol. The first kappa shape index (κ1) is 16.9. The predicted molar refractivity (Wildman–Crippen MR) is 85.0 cm³/mol. The number of carbonyl (C=O) groups is 3. The number of pyridine rings is 1. The van der Waals surface area contributed by atoms with Gasteiger partial charge in [0.15, 0.2) is 0 Å². The van der Waals surface area contributed by atoms with E-state index in [1.807, 2.05) is 13.8 Å². The van der Waals surface area contributed by atoms with Crippen molar-refractivity contribution in [1.29, 1.82) is 0 Å². The van der Waals surface area contributed by atoms with Crippen molar-refractivity contribution in [2.24, 2.45) is 0 Å². The predicted octanol–water partition coefficient (Wildman–Crippen LogP) is 0.478. The van der Waals surface area contributed by atoms with Gasteiger partial charge in [-0.15, -0.1) is 0 Å². The maximum absolute atomic E-state index is 12.5. The van der Waals surface area contributed by atoms with Crippen LogP contribution in [0.25, 0.3) is 0 Å². The highest BCUT2D eigenvalue weighted by Crippen LogP contribution is 2.10. The summed E-state index contributed by atoms with van der Waals surface area (Å²) in [6, 6.07) is 3.17. The molecular weight excluding hydrogens is 296 g/mol. The van der Waals surface area contributed by atoms with Crippen molar-refractivity contribution in [1.82, 2.24) is 19.7 Å². The fourth-order valence-electron chi connectivity index (χ4n) is 2.57. The van der Waals surface area contributed by atoms with Crippen LogP contribution in [-0.2, 0) is 4.79 Å². The minimum Gasteiger partial charge on any atom is -0.342 e. The standard InChI is InChI=1S/C16H22N4O3/c1-3-19(4-2)16(23)14-11-13(5-6-17-14)15(22)20-9-7-18(12-21)8-10-20/h5-6,11-12H,3-4,7-10H2,1-2H3. The third-order valence-corrected chi connectivity index (χ3v) is 4.03. The Morgan fingerprint density at radius 3 is 2.43 bits per heavy atom. The van der Waals surface area contributed by atoms with Crippen LogP contribution in [0.4, 0.5) is 0 Å². The van der Waals surface area contributed by atoms with E-state index in [1.165, 1.54) is 6.20 Å². The molecule has 1 aliphatic rings. The molecule has 1 fully saturated rings. The Balaban J connectivity index is 2.11. The molecule has 0 aliphatic carbocycles. The highest BCUT2D eigenvalue weighted by molar-refractivity contribution is 5.98. The van der Waals surface area contributed by atoms with Gasteiger partial charge in [0.25, 0.3) is 11.8 Å². The van der Waals surface area contributed by atoms with Crippen LogP contribution < -0.4 is 0 Å². The second-order valence-corrected chi connectivity index (χ2v) is 5.34. The van der Waals surface area contributed by atoms with E-state index in [-0.39, 0.29) is 17.5 Å². The highest BCUT2D eigenvalue weighted by atomic mass is 16.2. The van der Waals surface area contributed by atoms with Gasteiger partial charge in [-0.05, 0) is 26.0 Å². The van der Waals surface area contributed by atoms with Crippen LogP contribution >= 0.6 is 0 Å². The number of rotatable bonds is 5. The van der Waals surface area contributed by atoms with E-state index in [0.29, 0.717) is 44.8 Å². The normalized spacial score (nSPS) is 14.5. The fraction of sp³-hybridized carbons (Fsp3) is 0.500. The molecule has 23 heavy (non-hydrogen) atoms. The van der Waals surface area contributed by atoms with Crippen molar-refractivity contribution in [3.63, 3.8) is 0 Å². The third kappa shape index (κ3) is 3.85. The Hall–Kier alpha value is -2.44. The number of piperazine rings is 1. The van der Waals surface area contributed by atoms with Gasteiger partial charge in [-0.1, -0.05) is 0 Å². The van der Waals surface area contributed by atoms with Crippen LogP contribution in [0, 0.1) is 0 Å². The summed E-state index contributed by atoms with van der Waals surface area (Å²) in [6.45, 7) is 7.08. The Kier molecular flexibility index (Phi) is 5.67. The number of hydrogen-bond acceptors (Lipinski definition) is 4. The molecule has 0 unspecified atom stereocenters. The molecule has 3 amide bonds. The first-order valence-corrected chi connectivity index (χ1v) is 7.84. The van der Waals surface area contributed by atoms with Gasteiger partial charge in [0.2, 0.25) is 6.41 Å². The van der Waals surface area contributed by atoms with Crippen LogP contribution in [0.15, 0.2) is 18.3 Å². The largest absolute Gasteiger partial charge is 0.342 e. The van der Waals surface area contributed by atoms with E-state index < -0.39 is 0 Å². The second-order valence-electron chi connectivity index (χ2n) is 5.34. The summed E-state index contributed by atoms with van der Waals surface area (Å²) >= 11 is 0. The number of carbonyl (C=O) groups excluding carboxylic acids is 3. The Bertz CT molecular complexity index is 578. The molecule has 1 aromatic heterocycles. The zero-order valence-electron chi connectivity index (χ0n) is 13.6. The SMILES string of the molecule is CCN(CC)C(=O)c1cc(C(=O)N2CCN(C=O)CC2)ccn1. The number of aromatic nitrogens is 1. The van der Waals surface area contributed by atoms with E-state index >= 15 is 0 Å². The summed E-state index contributed by atoms with van der Waals surface area (Å²) in [4.78, 5) is 44.7. The molecule has 7 nitrogen and oxygen atoms in total. The maximum atomic E-state index is 12.5. The Morgan fingerprint density at radius 2 is 1.87 bits per heavy atom. The Labute approximate surface area is 135 Å². The first-order chi connectivity index (χ1) is 11.1. The summed E-state index contributed by atoms with van der Waals surface area (Å²) in [5.41, 5.74) is 0.737. The molecule has 0 spiro atoms. The summed E-state index contributed by atoms with van der Waals surface area (Å²) < 4.78 is 0. The maximum Gasteiger partial charge on any atom is 0.272 e. The second kappa shape index (κ2) is 7.71. The van der Waals surface area contributed by atoms with Gasteiger partial charge in [-0.2, -0.15) is 0 Å². The van der Waals surface area contributed by atoms with Gasteiger partial charge in [-0.25, -0.2) is 0 Å². The lowest BCUT2D eigenvalue weighted by Gasteiger charge is -2.32. The third-order valence-electron chi connectivity index (χ3n) is 4.03. The van der Waals surface area contributed by atoms with Crippen LogP contribution in [0.3, 0.4) is 0 Å². The van der Waals surface area contributed by atoms with E-state index in [1.54, 1.807) is 26.8 Å². The molecular formula is C16H22N4O3. The Morgan fingerprint density at radius 1 is 1.22 bits per heavy atom.